The molecule has 7 heteroatoms. The third-order valence-electron chi connectivity index (χ3n) is 11.2. The van der Waals surface area contributed by atoms with Crippen molar-refractivity contribution in [2.75, 3.05) is 33.9 Å². The van der Waals surface area contributed by atoms with Crippen LogP contribution in [0.25, 0.3) is 0 Å². The molecule has 0 N–H and O–H groups in total. The van der Waals surface area contributed by atoms with E-state index in [-0.39, 0.29) is 29.4 Å². The van der Waals surface area contributed by atoms with Crippen LogP contribution in [0.3, 0.4) is 0 Å². The van der Waals surface area contributed by atoms with E-state index in [9.17, 15) is 14.4 Å². The van der Waals surface area contributed by atoms with E-state index >= 15 is 0 Å². The minimum absolute atomic E-state index is 0.00488. The third-order valence-corrected chi connectivity index (χ3v) is 11.2. The van der Waals surface area contributed by atoms with Gasteiger partial charge in [-0.1, -0.05) is 148 Å². The number of hydrogen-bond acceptors (Lipinski definition) is 7. The zero-order chi connectivity index (χ0) is 43.7. The van der Waals surface area contributed by atoms with Crippen molar-refractivity contribution in [3.05, 3.63) is 24.3 Å². The van der Waals surface area contributed by atoms with Crippen LogP contribution < -0.4 is 0 Å². The van der Waals surface area contributed by atoms with E-state index < -0.39 is 0 Å². The highest BCUT2D eigenvalue weighted by molar-refractivity contribution is 5.69. The van der Waals surface area contributed by atoms with Gasteiger partial charge >= 0.3 is 17.9 Å². The molecule has 1 unspecified atom stereocenters. The molecule has 0 spiro atoms. The van der Waals surface area contributed by atoms with Gasteiger partial charge < -0.3 is 19.1 Å². The van der Waals surface area contributed by atoms with Crippen molar-refractivity contribution >= 4 is 17.9 Å². The fourth-order valence-electron chi connectivity index (χ4n) is 8.45. The number of carbonyl (C=O) groups is 3. The van der Waals surface area contributed by atoms with Crippen LogP contribution in [0.1, 0.15) is 240 Å². The maximum atomic E-state index is 13.1. The molecular formula is C52H97NO6. The summed E-state index contributed by atoms with van der Waals surface area (Å²) in [7, 11) is 4.25. The number of esters is 3. The summed E-state index contributed by atoms with van der Waals surface area (Å²) < 4.78 is 16.2. The van der Waals surface area contributed by atoms with Crippen molar-refractivity contribution in [3.63, 3.8) is 0 Å². The lowest BCUT2D eigenvalue weighted by molar-refractivity contribution is -0.151. The molecule has 0 aliphatic heterocycles. The summed E-state index contributed by atoms with van der Waals surface area (Å²) >= 11 is 0. The predicted molar refractivity (Wildman–Crippen MR) is 251 cm³/mol. The summed E-state index contributed by atoms with van der Waals surface area (Å²) in [6.07, 6.45) is 47.4. The molecule has 0 radical (unpaired) electrons. The van der Waals surface area contributed by atoms with Crippen molar-refractivity contribution in [1.29, 1.82) is 0 Å². The fraction of sp³-hybridized carbons (Fsp3) is 0.865. The fourth-order valence-corrected chi connectivity index (χ4v) is 8.45. The van der Waals surface area contributed by atoms with Crippen LogP contribution in [0.15, 0.2) is 24.3 Å². The monoisotopic (exact) mass is 832 g/mol. The molecule has 0 aromatic heterocycles. The standard InChI is InChI=1S/C52H97NO6/c1-47(45-52(4,5)46-53(6)7)44-51(56)59-50(40-36-32-28-24-20-16-12-8-10-14-18-22-26-30-34-38-42-57-48(2)54)41-37-33-29-25-21-17-13-9-11-15-19-23-27-31-35-39-43-58-49(3)55/h8-11,47,50H,12-46H2,1-7H3/b10-8-,11-9-. The van der Waals surface area contributed by atoms with Gasteiger partial charge in [0.15, 0.2) is 0 Å². The molecule has 0 heterocycles. The highest BCUT2D eigenvalue weighted by atomic mass is 16.5. The van der Waals surface area contributed by atoms with Crippen LogP contribution in [0.2, 0.25) is 0 Å². The minimum Gasteiger partial charge on any atom is -0.466 e. The molecule has 0 aliphatic rings. The Morgan fingerprint density at radius 3 is 1.17 bits per heavy atom. The number of nitrogens with zero attached hydrogens (tertiary/aromatic N) is 1. The van der Waals surface area contributed by atoms with Gasteiger partial charge in [-0.3, -0.25) is 14.4 Å². The Hall–Kier alpha value is -2.15. The molecule has 0 bridgehead atoms. The molecule has 0 saturated heterocycles. The first-order valence-corrected chi connectivity index (χ1v) is 24.8. The molecule has 59 heavy (non-hydrogen) atoms. The van der Waals surface area contributed by atoms with Gasteiger partial charge in [-0.25, -0.2) is 0 Å². The number of allylic oxidation sites excluding steroid dienone is 4. The molecule has 0 fully saturated rings. The Morgan fingerprint density at radius 1 is 0.508 bits per heavy atom. The van der Waals surface area contributed by atoms with E-state index in [0.717, 1.165) is 64.3 Å². The lowest BCUT2D eigenvalue weighted by atomic mass is 9.82. The van der Waals surface area contributed by atoms with Crippen molar-refractivity contribution in [3.8, 4) is 0 Å². The summed E-state index contributed by atoms with van der Waals surface area (Å²) in [5, 5.41) is 0. The number of rotatable bonds is 43. The Labute approximate surface area is 366 Å². The summed E-state index contributed by atoms with van der Waals surface area (Å²) in [5.41, 5.74) is 0.182. The molecule has 346 valence electrons. The number of hydrogen-bond donors (Lipinski definition) is 0. The summed E-state index contributed by atoms with van der Waals surface area (Å²) in [4.78, 5) is 37.0. The average Bonchev–Trinajstić information content (AvgIpc) is 3.15. The van der Waals surface area contributed by atoms with Crippen molar-refractivity contribution in [2.24, 2.45) is 11.3 Å². The highest BCUT2D eigenvalue weighted by Crippen LogP contribution is 2.28. The molecule has 0 amide bonds. The summed E-state index contributed by atoms with van der Waals surface area (Å²) in [6, 6.07) is 0. The van der Waals surface area contributed by atoms with Gasteiger partial charge in [0.2, 0.25) is 0 Å². The van der Waals surface area contributed by atoms with Crippen LogP contribution >= 0.6 is 0 Å². The quantitative estimate of drug-likeness (QED) is 0.0262. The molecule has 0 rings (SSSR count). The number of carbonyl (C=O) groups excluding carboxylic acids is 3. The topological polar surface area (TPSA) is 82.1 Å². The second-order valence-corrected chi connectivity index (χ2v) is 18.9. The van der Waals surface area contributed by atoms with Crippen LogP contribution in [-0.2, 0) is 28.6 Å². The lowest BCUT2D eigenvalue weighted by Gasteiger charge is -2.31. The zero-order valence-corrected chi connectivity index (χ0v) is 40.1. The largest absolute Gasteiger partial charge is 0.466 e. The zero-order valence-electron chi connectivity index (χ0n) is 40.1. The van der Waals surface area contributed by atoms with E-state index in [2.05, 4.69) is 64.1 Å². The molecule has 0 aliphatic carbocycles. The first-order chi connectivity index (χ1) is 28.4. The maximum Gasteiger partial charge on any atom is 0.306 e. The SMILES string of the molecule is CC(=O)OCCCCCCCC/C=C\CCCCCCCCC(CCCCCCCC/C=C\CCCCCCCCOC(C)=O)OC(=O)CC(C)CC(C)(C)CN(C)C. The first kappa shape index (κ1) is 56.9. The second-order valence-electron chi connectivity index (χ2n) is 18.9. The molecule has 7 nitrogen and oxygen atoms in total. The van der Waals surface area contributed by atoms with Gasteiger partial charge in [0.25, 0.3) is 0 Å². The second kappa shape index (κ2) is 41.2. The van der Waals surface area contributed by atoms with E-state index in [1.165, 1.54) is 155 Å². The Bertz CT molecular complexity index is 978. The summed E-state index contributed by atoms with van der Waals surface area (Å²) in [5.74, 6) is -0.0159. The van der Waals surface area contributed by atoms with E-state index in [1.54, 1.807) is 0 Å². The van der Waals surface area contributed by atoms with E-state index in [1.807, 2.05) is 0 Å². The van der Waals surface area contributed by atoms with Crippen molar-refractivity contribution in [1.82, 2.24) is 4.90 Å². The smallest absolute Gasteiger partial charge is 0.306 e. The van der Waals surface area contributed by atoms with E-state index in [0.29, 0.717) is 25.6 Å². The highest BCUT2D eigenvalue weighted by Gasteiger charge is 2.24. The molecular weight excluding hydrogens is 735 g/mol. The van der Waals surface area contributed by atoms with Crippen LogP contribution in [0, 0.1) is 11.3 Å². The van der Waals surface area contributed by atoms with Crippen LogP contribution in [0.4, 0.5) is 0 Å². The van der Waals surface area contributed by atoms with Crippen molar-refractivity contribution < 1.29 is 28.6 Å². The normalized spacial score (nSPS) is 12.6. The lowest BCUT2D eigenvalue weighted by Crippen LogP contribution is -2.31. The molecule has 0 saturated carbocycles. The predicted octanol–water partition coefficient (Wildman–Crippen LogP) is 14.8. The Balaban J connectivity index is 4.22. The number of ether oxygens (including phenoxy) is 3. The average molecular weight is 832 g/mol. The first-order valence-electron chi connectivity index (χ1n) is 24.8. The number of unbranched alkanes of at least 4 members (excludes halogenated alkanes) is 24. The van der Waals surface area contributed by atoms with E-state index in [4.69, 9.17) is 14.2 Å². The third kappa shape index (κ3) is 45.2. The molecule has 0 aromatic carbocycles. The van der Waals surface area contributed by atoms with Gasteiger partial charge in [0.1, 0.15) is 6.10 Å². The maximum absolute atomic E-state index is 13.1. The van der Waals surface area contributed by atoms with Crippen molar-refractivity contribution in [2.45, 2.75) is 246 Å². The minimum atomic E-state index is -0.173. The van der Waals surface area contributed by atoms with Gasteiger partial charge in [-0.15, -0.1) is 0 Å². The summed E-state index contributed by atoms with van der Waals surface area (Å²) in [6.45, 7) is 11.9. The van der Waals surface area contributed by atoms with Crippen LogP contribution in [0.5, 0.6) is 0 Å². The molecule has 0 aromatic rings. The van der Waals surface area contributed by atoms with Gasteiger partial charge in [0, 0.05) is 26.8 Å². The molecule has 1 atom stereocenters. The van der Waals surface area contributed by atoms with Gasteiger partial charge in [-0.05, 0) is 122 Å². The Kier molecular flexibility index (Phi) is 39.7. The Morgan fingerprint density at radius 2 is 0.831 bits per heavy atom. The van der Waals surface area contributed by atoms with Gasteiger partial charge in [-0.2, -0.15) is 0 Å². The van der Waals surface area contributed by atoms with Crippen LogP contribution in [-0.4, -0.2) is 62.8 Å². The van der Waals surface area contributed by atoms with Gasteiger partial charge in [0.05, 0.1) is 13.2 Å².